The van der Waals surface area contributed by atoms with Crippen molar-refractivity contribution in [3.63, 3.8) is 0 Å². The van der Waals surface area contributed by atoms with Crippen molar-refractivity contribution in [2.45, 2.75) is 6.42 Å². The fourth-order valence-electron chi connectivity index (χ4n) is 2.16. The van der Waals surface area contributed by atoms with Crippen molar-refractivity contribution in [3.05, 3.63) is 35.9 Å². The van der Waals surface area contributed by atoms with Crippen molar-refractivity contribution >= 4 is 16.6 Å². The third-order valence-electron chi connectivity index (χ3n) is 3.05. The number of ketones is 1. The van der Waals surface area contributed by atoms with Gasteiger partial charge in [-0.15, -0.1) is 0 Å². The number of fused-ring (bicyclic) bond motifs is 3. The molecule has 86 valence electrons. The number of benzene rings is 2. The fourth-order valence-corrected chi connectivity index (χ4v) is 2.16. The Morgan fingerprint density at radius 2 is 2.12 bits per heavy atom. The Hall–Kier alpha value is -2.03. The standard InChI is InChI=1S/C14H12O3/c1-16-10-3-5-11-9(8-10)2-4-12-13(15)6-7-17-14(11)12/h2-5,8H,6-7H2,1H3. The van der Waals surface area contributed by atoms with Crippen LogP contribution in [0.2, 0.25) is 0 Å². The number of carbonyl (C=O) groups is 1. The summed E-state index contributed by atoms with van der Waals surface area (Å²) in [7, 11) is 1.64. The van der Waals surface area contributed by atoms with Gasteiger partial charge in [-0.3, -0.25) is 4.79 Å². The Balaban J connectivity index is 2.27. The van der Waals surface area contributed by atoms with E-state index in [2.05, 4.69) is 0 Å². The molecule has 3 heteroatoms. The number of hydrogen-bond acceptors (Lipinski definition) is 3. The topological polar surface area (TPSA) is 35.5 Å². The van der Waals surface area contributed by atoms with Gasteiger partial charge in [-0.05, 0) is 29.7 Å². The minimum Gasteiger partial charge on any atom is -0.497 e. The molecule has 0 amide bonds. The van der Waals surface area contributed by atoms with E-state index in [0.29, 0.717) is 24.3 Å². The van der Waals surface area contributed by atoms with Gasteiger partial charge in [0.15, 0.2) is 5.78 Å². The van der Waals surface area contributed by atoms with E-state index in [1.54, 1.807) is 7.11 Å². The second-order valence-corrected chi connectivity index (χ2v) is 4.05. The van der Waals surface area contributed by atoms with Crippen LogP contribution in [-0.2, 0) is 0 Å². The summed E-state index contributed by atoms with van der Waals surface area (Å²) in [6.45, 7) is 0.469. The summed E-state index contributed by atoms with van der Waals surface area (Å²) in [5.41, 5.74) is 0.689. The van der Waals surface area contributed by atoms with Crippen molar-refractivity contribution in [2.24, 2.45) is 0 Å². The van der Waals surface area contributed by atoms with Gasteiger partial charge >= 0.3 is 0 Å². The molecule has 1 aliphatic heterocycles. The summed E-state index contributed by atoms with van der Waals surface area (Å²) in [6.07, 6.45) is 0.467. The number of carbonyl (C=O) groups excluding carboxylic acids is 1. The zero-order valence-corrected chi connectivity index (χ0v) is 9.53. The van der Waals surface area contributed by atoms with Crippen molar-refractivity contribution in [3.8, 4) is 11.5 Å². The number of methoxy groups -OCH3 is 1. The molecule has 2 aromatic rings. The Labute approximate surface area is 99.0 Å². The highest BCUT2D eigenvalue weighted by Gasteiger charge is 2.20. The van der Waals surface area contributed by atoms with Gasteiger partial charge in [0, 0.05) is 11.8 Å². The molecule has 0 spiro atoms. The molecule has 0 aliphatic carbocycles. The maximum atomic E-state index is 11.7. The third-order valence-corrected chi connectivity index (χ3v) is 3.05. The van der Waals surface area contributed by atoms with E-state index in [4.69, 9.17) is 9.47 Å². The number of hydrogen-bond donors (Lipinski definition) is 0. The average molecular weight is 228 g/mol. The molecule has 3 rings (SSSR count). The number of ether oxygens (including phenoxy) is 2. The average Bonchev–Trinajstić information content (AvgIpc) is 2.38. The van der Waals surface area contributed by atoms with Crippen LogP contribution in [0.5, 0.6) is 11.5 Å². The van der Waals surface area contributed by atoms with Gasteiger partial charge in [0.25, 0.3) is 0 Å². The first-order valence-corrected chi connectivity index (χ1v) is 5.56. The molecule has 0 bridgehead atoms. The first kappa shape index (κ1) is 10.1. The van der Waals surface area contributed by atoms with Crippen LogP contribution < -0.4 is 9.47 Å². The molecule has 1 aliphatic rings. The molecular formula is C14H12O3. The smallest absolute Gasteiger partial charge is 0.170 e. The van der Waals surface area contributed by atoms with E-state index >= 15 is 0 Å². The fraction of sp³-hybridized carbons (Fsp3) is 0.214. The van der Waals surface area contributed by atoms with E-state index in [0.717, 1.165) is 16.5 Å². The monoisotopic (exact) mass is 228 g/mol. The highest BCUT2D eigenvalue weighted by molar-refractivity contribution is 6.06. The van der Waals surface area contributed by atoms with Crippen LogP contribution in [0, 0.1) is 0 Å². The molecule has 1 heterocycles. The van der Waals surface area contributed by atoms with E-state index in [-0.39, 0.29) is 5.78 Å². The predicted octanol–water partition coefficient (Wildman–Crippen LogP) is 2.81. The largest absolute Gasteiger partial charge is 0.497 e. The van der Waals surface area contributed by atoms with Crippen molar-refractivity contribution in [2.75, 3.05) is 13.7 Å². The molecule has 0 saturated carbocycles. The van der Waals surface area contributed by atoms with E-state index in [9.17, 15) is 4.79 Å². The highest BCUT2D eigenvalue weighted by atomic mass is 16.5. The highest BCUT2D eigenvalue weighted by Crippen LogP contribution is 2.34. The van der Waals surface area contributed by atoms with Crippen molar-refractivity contribution in [1.29, 1.82) is 0 Å². The first-order chi connectivity index (χ1) is 8.29. The number of rotatable bonds is 1. The van der Waals surface area contributed by atoms with Crippen LogP contribution in [0.25, 0.3) is 10.8 Å². The zero-order valence-electron chi connectivity index (χ0n) is 9.53. The maximum absolute atomic E-state index is 11.7. The maximum Gasteiger partial charge on any atom is 0.170 e. The molecule has 0 atom stereocenters. The van der Waals surface area contributed by atoms with Gasteiger partial charge in [0.2, 0.25) is 0 Å². The number of Topliss-reactive ketones (excluding diaryl/α,β-unsaturated/α-hetero) is 1. The molecule has 0 unspecified atom stereocenters. The van der Waals surface area contributed by atoms with E-state index in [1.165, 1.54) is 0 Å². The Morgan fingerprint density at radius 1 is 1.24 bits per heavy atom. The molecule has 0 saturated heterocycles. The lowest BCUT2D eigenvalue weighted by molar-refractivity contribution is 0.0935. The molecule has 2 aromatic carbocycles. The summed E-state index contributed by atoms with van der Waals surface area (Å²) in [5, 5.41) is 1.99. The SMILES string of the molecule is COc1ccc2c3c(ccc2c1)C(=O)CCO3. The molecule has 3 nitrogen and oxygen atoms in total. The first-order valence-electron chi connectivity index (χ1n) is 5.56. The van der Waals surface area contributed by atoms with Gasteiger partial charge in [-0.25, -0.2) is 0 Å². The quantitative estimate of drug-likeness (QED) is 0.752. The van der Waals surface area contributed by atoms with E-state index < -0.39 is 0 Å². The molecule has 0 aromatic heterocycles. The van der Waals surface area contributed by atoms with E-state index in [1.807, 2.05) is 30.3 Å². The molecular weight excluding hydrogens is 216 g/mol. The van der Waals surface area contributed by atoms with Crippen LogP contribution >= 0.6 is 0 Å². The molecule has 0 fully saturated rings. The minimum absolute atomic E-state index is 0.156. The molecule has 0 N–H and O–H groups in total. The summed E-state index contributed by atoms with van der Waals surface area (Å²) in [4.78, 5) is 11.7. The van der Waals surface area contributed by atoms with Crippen LogP contribution in [0.3, 0.4) is 0 Å². The van der Waals surface area contributed by atoms with Crippen LogP contribution in [0.4, 0.5) is 0 Å². The summed E-state index contributed by atoms with van der Waals surface area (Å²) >= 11 is 0. The lowest BCUT2D eigenvalue weighted by Gasteiger charge is -2.18. The minimum atomic E-state index is 0.156. The van der Waals surface area contributed by atoms with Crippen LogP contribution in [0.15, 0.2) is 30.3 Å². The van der Waals surface area contributed by atoms with Crippen molar-refractivity contribution < 1.29 is 14.3 Å². The second-order valence-electron chi connectivity index (χ2n) is 4.05. The normalized spacial score (nSPS) is 14.3. The Morgan fingerprint density at radius 3 is 2.94 bits per heavy atom. The van der Waals surface area contributed by atoms with Crippen molar-refractivity contribution in [1.82, 2.24) is 0 Å². The van der Waals surface area contributed by atoms with Gasteiger partial charge in [0.1, 0.15) is 11.5 Å². The summed E-state index contributed by atoms with van der Waals surface area (Å²) < 4.78 is 10.8. The van der Waals surface area contributed by atoms with Gasteiger partial charge in [-0.1, -0.05) is 6.07 Å². The summed E-state index contributed by atoms with van der Waals surface area (Å²) in [6, 6.07) is 9.52. The predicted molar refractivity (Wildman–Crippen MR) is 64.9 cm³/mol. The van der Waals surface area contributed by atoms with Crippen LogP contribution in [0.1, 0.15) is 16.8 Å². The van der Waals surface area contributed by atoms with Crippen LogP contribution in [-0.4, -0.2) is 19.5 Å². The van der Waals surface area contributed by atoms with Gasteiger partial charge < -0.3 is 9.47 Å². The van der Waals surface area contributed by atoms with Gasteiger partial charge in [0.05, 0.1) is 19.3 Å². The zero-order chi connectivity index (χ0) is 11.8. The molecule has 0 radical (unpaired) electrons. The second kappa shape index (κ2) is 3.77. The Kier molecular flexibility index (Phi) is 2.25. The Bertz CT molecular complexity index is 602. The van der Waals surface area contributed by atoms with Gasteiger partial charge in [-0.2, -0.15) is 0 Å². The molecule has 17 heavy (non-hydrogen) atoms. The lowest BCUT2D eigenvalue weighted by Crippen LogP contribution is -2.15. The lowest BCUT2D eigenvalue weighted by atomic mass is 9.99. The summed E-state index contributed by atoms with van der Waals surface area (Å²) in [5.74, 6) is 1.67. The third kappa shape index (κ3) is 1.55.